The number of piperidine rings is 1. The normalized spacial score (nSPS) is 19.4. The maximum absolute atomic E-state index is 13.6. The summed E-state index contributed by atoms with van der Waals surface area (Å²) in [5.41, 5.74) is 1.78. The average Bonchev–Trinajstić information content (AvgIpc) is 3.25. The molecule has 40 heavy (non-hydrogen) atoms. The molecule has 0 saturated carbocycles. The van der Waals surface area contributed by atoms with Crippen LogP contribution in [0.4, 0.5) is 17.6 Å². The van der Waals surface area contributed by atoms with Gasteiger partial charge in [0.05, 0.1) is 24.3 Å². The fraction of sp³-hybridized carbons (Fsp3) is 0.593. The summed E-state index contributed by atoms with van der Waals surface area (Å²) in [5, 5.41) is 39.0. The Bertz CT molecular complexity index is 1150. The lowest BCUT2D eigenvalue weighted by Gasteiger charge is -2.31. The molecule has 13 heteroatoms. The maximum Gasteiger partial charge on any atom is 0.403 e. The zero-order valence-corrected chi connectivity index (χ0v) is 22.4. The van der Waals surface area contributed by atoms with Gasteiger partial charge in [0.1, 0.15) is 11.9 Å². The summed E-state index contributed by atoms with van der Waals surface area (Å²) in [4.78, 5) is 24.1. The topological polar surface area (TPSA) is 137 Å². The number of hydrogen-bond acceptors (Lipinski definition) is 6. The van der Waals surface area contributed by atoms with Crippen LogP contribution in [-0.4, -0.2) is 74.5 Å². The quantitative estimate of drug-likeness (QED) is 0.246. The minimum absolute atomic E-state index is 0.0753. The summed E-state index contributed by atoms with van der Waals surface area (Å²) in [5.74, 6) is -2.52. The molecule has 1 amide bonds. The second kappa shape index (κ2) is 13.6. The number of carbonyl (C=O) groups is 2. The number of carboxylic acid groups (broad SMARTS) is 1. The smallest absolute Gasteiger partial charge is 0.403 e. The standard InChI is InChI=1S/C27H36F4N4O5/c1-15(2)24-21(9-8-19(36)11-20(37)12-23(38)39)35(18-6-4-17(28)5-7-18)34-25(24)26(40)33-14-16-3-10-22(32-13-16)27(29,30)31/h4-7,15-16,19-20,22,32,36-37H,3,8-14H2,1-2H3,(H,33,40)(H,38,39)/t16?,19-,20-,22?/m1/s1. The Hall–Kier alpha value is -3.03. The lowest BCUT2D eigenvalue weighted by atomic mass is 9.94. The summed E-state index contributed by atoms with van der Waals surface area (Å²) in [6.07, 6.45) is -6.62. The number of aliphatic carboxylic acids is 1. The molecule has 1 fully saturated rings. The van der Waals surface area contributed by atoms with Gasteiger partial charge in [0, 0.05) is 24.3 Å². The first kappa shape index (κ1) is 31.5. The largest absolute Gasteiger partial charge is 0.481 e. The molecule has 0 aliphatic carbocycles. The molecule has 4 atom stereocenters. The van der Waals surface area contributed by atoms with Crippen molar-refractivity contribution in [3.8, 4) is 5.69 Å². The number of benzene rings is 1. The molecule has 1 aliphatic heterocycles. The van der Waals surface area contributed by atoms with E-state index in [1.54, 1.807) is 0 Å². The number of aliphatic hydroxyl groups excluding tert-OH is 2. The molecule has 0 bridgehead atoms. The number of hydrogen-bond donors (Lipinski definition) is 5. The second-order valence-corrected chi connectivity index (χ2v) is 10.6. The monoisotopic (exact) mass is 572 g/mol. The van der Waals surface area contributed by atoms with Gasteiger partial charge in [-0.25, -0.2) is 9.07 Å². The Balaban J connectivity index is 1.80. The van der Waals surface area contributed by atoms with Crippen molar-refractivity contribution < 1.29 is 42.5 Å². The van der Waals surface area contributed by atoms with Gasteiger partial charge < -0.3 is 26.0 Å². The van der Waals surface area contributed by atoms with E-state index >= 15 is 0 Å². The lowest BCUT2D eigenvalue weighted by molar-refractivity contribution is -0.162. The SMILES string of the molecule is CC(C)c1c(C(=O)NCC2CCC(C(F)(F)F)NC2)nn(-c2ccc(F)cc2)c1CC[C@@H](O)C[C@@H](O)CC(=O)O. The van der Waals surface area contributed by atoms with E-state index < -0.39 is 48.5 Å². The molecule has 9 nitrogen and oxygen atoms in total. The summed E-state index contributed by atoms with van der Waals surface area (Å²) in [6, 6.07) is 3.93. The molecule has 222 valence electrons. The summed E-state index contributed by atoms with van der Waals surface area (Å²) in [6.45, 7) is 4.00. The van der Waals surface area contributed by atoms with Crippen LogP contribution in [0, 0.1) is 11.7 Å². The zero-order chi connectivity index (χ0) is 29.6. The number of alkyl halides is 3. The Morgan fingerprint density at radius 2 is 1.82 bits per heavy atom. The van der Waals surface area contributed by atoms with Gasteiger partial charge in [0.2, 0.25) is 0 Å². The van der Waals surface area contributed by atoms with E-state index in [1.807, 2.05) is 13.8 Å². The molecular weight excluding hydrogens is 536 g/mol. The van der Waals surface area contributed by atoms with Crippen molar-refractivity contribution in [2.24, 2.45) is 5.92 Å². The van der Waals surface area contributed by atoms with Gasteiger partial charge in [-0.3, -0.25) is 9.59 Å². The number of carbonyl (C=O) groups excluding carboxylic acids is 1. The lowest BCUT2D eigenvalue weighted by Crippen LogP contribution is -2.49. The van der Waals surface area contributed by atoms with E-state index in [2.05, 4.69) is 15.7 Å². The molecule has 2 unspecified atom stereocenters. The molecule has 2 heterocycles. The van der Waals surface area contributed by atoms with Gasteiger partial charge in [-0.2, -0.15) is 18.3 Å². The Morgan fingerprint density at radius 3 is 2.38 bits per heavy atom. The fourth-order valence-corrected chi connectivity index (χ4v) is 4.99. The van der Waals surface area contributed by atoms with E-state index in [-0.39, 0.29) is 56.3 Å². The van der Waals surface area contributed by atoms with Gasteiger partial charge in [-0.15, -0.1) is 0 Å². The van der Waals surface area contributed by atoms with Gasteiger partial charge in [-0.05, 0) is 68.2 Å². The fourth-order valence-electron chi connectivity index (χ4n) is 4.99. The predicted octanol–water partition coefficient (Wildman–Crippen LogP) is 3.31. The third kappa shape index (κ3) is 8.48. The Kier molecular flexibility index (Phi) is 10.7. The van der Waals surface area contributed by atoms with Crippen LogP contribution in [0.2, 0.25) is 0 Å². The number of aliphatic hydroxyl groups is 2. The summed E-state index contributed by atoms with van der Waals surface area (Å²) >= 11 is 0. The highest BCUT2D eigenvalue weighted by molar-refractivity contribution is 5.94. The van der Waals surface area contributed by atoms with Crippen molar-refractivity contribution in [1.29, 1.82) is 0 Å². The highest BCUT2D eigenvalue weighted by atomic mass is 19.4. The van der Waals surface area contributed by atoms with Crippen LogP contribution >= 0.6 is 0 Å². The first-order chi connectivity index (χ1) is 18.8. The molecule has 0 spiro atoms. The van der Waals surface area contributed by atoms with E-state index in [1.165, 1.54) is 28.9 Å². The van der Waals surface area contributed by atoms with Crippen LogP contribution in [0.5, 0.6) is 0 Å². The number of aromatic nitrogens is 2. The van der Waals surface area contributed by atoms with Crippen molar-refractivity contribution in [3.63, 3.8) is 0 Å². The molecule has 1 saturated heterocycles. The van der Waals surface area contributed by atoms with Crippen LogP contribution in [0.3, 0.4) is 0 Å². The predicted molar refractivity (Wildman–Crippen MR) is 138 cm³/mol. The number of halogens is 4. The van der Waals surface area contributed by atoms with E-state index in [0.717, 1.165) is 0 Å². The zero-order valence-electron chi connectivity index (χ0n) is 22.4. The van der Waals surface area contributed by atoms with E-state index in [0.29, 0.717) is 23.4 Å². The molecule has 1 aromatic carbocycles. The van der Waals surface area contributed by atoms with Crippen LogP contribution in [0.1, 0.15) is 73.6 Å². The number of carboxylic acids is 1. The van der Waals surface area contributed by atoms with Crippen molar-refractivity contribution in [1.82, 2.24) is 20.4 Å². The number of rotatable bonds is 12. The number of nitrogens with one attached hydrogen (secondary N) is 2. The Labute approximate surface area is 229 Å². The minimum atomic E-state index is -4.31. The van der Waals surface area contributed by atoms with Crippen LogP contribution in [0.15, 0.2) is 24.3 Å². The summed E-state index contributed by atoms with van der Waals surface area (Å²) in [7, 11) is 0. The van der Waals surface area contributed by atoms with Gasteiger partial charge in [0.15, 0.2) is 5.69 Å². The van der Waals surface area contributed by atoms with E-state index in [4.69, 9.17) is 5.11 Å². The average molecular weight is 573 g/mol. The molecule has 3 rings (SSSR count). The molecule has 5 N–H and O–H groups in total. The van der Waals surface area contributed by atoms with Crippen LogP contribution in [0.25, 0.3) is 5.69 Å². The van der Waals surface area contributed by atoms with Crippen molar-refractivity contribution in [3.05, 3.63) is 47.0 Å². The first-order valence-corrected chi connectivity index (χ1v) is 13.3. The first-order valence-electron chi connectivity index (χ1n) is 13.3. The number of nitrogens with zero attached hydrogens (tertiary/aromatic N) is 2. The third-order valence-electron chi connectivity index (χ3n) is 7.02. The van der Waals surface area contributed by atoms with E-state index in [9.17, 15) is 37.4 Å². The Morgan fingerprint density at radius 1 is 1.15 bits per heavy atom. The highest BCUT2D eigenvalue weighted by Crippen LogP contribution is 2.30. The number of amides is 1. The van der Waals surface area contributed by atoms with Gasteiger partial charge >= 0.3 is 12.1 Å². The second-order valence-electron chi connectivity index (χ2n) is 10.6. The molecule has 1 aliphatic rings. The van der Waals surface area contributed by atoms with Gasteiger partial charge in [-0.1, -0.05) is 13.8 Å². The molecular formula is C27H36F4N4O5. The molecule has 1 aromatic heterocycles. The van der Waals surface area contributed by atoms with Crippen molar-refractivity contribution >= 4 is 11.9 Å². The molecule has 0 radical (unpaired) electrons. The van der Waals surface area contributed by atoms with Crippen molar-refractivity contribution in [2.75, 3.05) is 13.1 Å². The van der Waals surface area contributed by atoms with Crippen LogP contribution < -0.4 is 10.6 Å². The van der Waals surface area contributed by atoms with Gasteiger partial charge in [0.25, 0.3) is 5.91 Å². The van der Waals surface area contributed by atoms with Crippen LogP contribution in [-0.2, 0) is 11.2 Å². The van der Waals surface area contributed by atoms with Crippen molar-refractivity contribution in [2.45, 2.75) is 82.7 Å². The third-order valence-corrected chi connectivity index (χ3v) is 7.02. The molecule has 2 aromatic rings. The maximum atomic E-state index is 13.6. The highest BCUT2D eigenvalue weighted by Gasteiger charge is 2.41. The minimum Gasteiger partial charge on any atom is -0.481 e. The summed E-state index contributed by atoms with van der Waals surface area (Å²) < 4.78 is 53.9.